The van der Waals surface area contributed by atoms with Gasteiger partial charge in [-0.3, -0.25) is 0 Å². The van der Waals surface area contributed by atoms with E-state index >= 15 is 0 Å². The molecule has 0 radical (unpaired) electrons. The van der Waals surface area contributed by atoms with E-state index < -0.39 is 0 Å². The normalized spacial score (nSPS) is 12.2. The molecule has 140 valence electrons. The van der Waals surface area contributed by atoms with Gasteiger partial charge in [-0.05, 0) is 20.3 Å². The van der Waals surface area contributed by atoms with E-state index in [4.69, 9.17) is 5.73 Å². The Balaban J connectivity index is 0. The van der Waals surface area contributed by atoms with Crippen LogP contribution in [0, 0.1) is 6.92 Å². The van der Waals surface area contributed by atoms with Gasteiger partial charge < -0.3 is 30.5 Å². The van der Waals surface area contributed by atoms with E-state index in [-0.39, 0.29) is 46.5 Å². The summed E-state index contributed by atoms with van der Waals surface area (Å²) in [5, 5.41) is 2.53. The molecule has 2 aromatic rings. The summed E-state index contributed by atoms with van der Waals surface area (Å²) >= 11 is 0. The van der Waals surface area contributed by atoms with Gasteiger partial charge in [-0.15, -0.1) is 23.1 Å². The number of nitrogens with one attached hydrogen (secondary N) is 1. The number of allylic oxidation sites excluding steroid dienone is 4. The molecule has 0 fully saturated rings. The van der Waals surface area contributed by atoms with E-state index in [0.29, 0.717) is 6.54 Å². The number of hydrogen-bond acceptors (Lipinski definition) is 0. The fourth-order valence-electron chi connectivity index (χ4n) is 3.03. The van der Waals surface area contributed by atoms with Crippen molar-refractivity contribution in [1.82, 2.24) is 0 Å². The molecule has 0 saturated carbocycles. The Morgan fingerprint density at radius 2 is 1.69 bits per heavy atom. The Morgan fingerprint density at radius 1 is 1.04 bits per heavy atom. The van der Waals surface area contributed by atoms with E-state index in [1.807, 2.05) is 0 Å². The van der Waals surface area contributed by atoms with Gasteiger partial charge in [0.15, 0.2) is 0 Å². The number of rotatable bonds is 3. The molecule has 1 nitrogen and oxygen atoms in total. The van der Waals surface area contributed by atoms with Gasteiger partial charge in [0.1, 0.15) is 0 Å². The van der Waals surface area contributed by atoms with Gasteiger partial charge in [-0.1, -0.05) is 72.2 Å². The van der Waals surface area contributed by atoms with E-state index in [9.17, 15) is 0 Å². The first-order valence-electron chi connectivity index (χ1n) is 8.44. The van der Waals surface area contributed by atoms with Crippen molar-refractivity contribution in [2.24, 2.45) is 0 Å². The van der Waals surface area contributed by atoms with Gasteiger partial charge in [0.2, 0.25) is 0 Å². The molecule has 0 aliphatic heterocycles. The molecule has 0 unspecified atom stereocenters. The van der Waals surface area contributed by atoms with Crippen molar-refractivity contribution >= 4 is 16.3 Å². The first kappa shape index (κ1) is 27.5. The van der Waals surface area contributed by atoms with E-state index in [2.05, 4.69) is 70.2 Å². The van der Waals surface area contributed by atoms with Crippen LogP contribution in [0.5, 0.6) is 0 Å². The third kappa shape index (κ3) is 6.80. The second-order valence-corrected chi connectivity index (χ2v) is 6.25. The Hall–Kier alpha value is -0.696. The zero-order valence-corrected chi connectivity index (χ0v) is 18.9. The van der Waals surface area contributed by atoms with Gasteiger partial charge in [0, 0.05) is 0 Å². The summed E-state index contributed by atoms with van der Waals surface area (Å²) in [4.78, 5) is 0. The molecule has 0 saturated heterocycles. The van der Waals surface area contributed by atoms with E-state index in [1.54, 1.807) is 0 Å². The standard InChI is InChI=1S/C18H17.C4H10N.2ClH.Ti/c1-12-10-13(2)18(11-12)17-9-8-15-6-4-5-7-16(15)14(17)3;1-2-3-4-5;;;/h4-10H,3,11H2,1-2H3;5H,2-4H2,1H3;2*1H;/q2*-1;;;+2/p-2. The summed E-state index contributed by atoms with van der Waals surface area (Å²) in [7, 11) is 0. The molecule has 3 rings (SSSR count). The summed E-state index contributed by atoms with van der Waals surface area (Å²) in [6, 6.07) is 12.9. The smallest absolute Gasteiger partial charge is 1.00 e. The molecule has 26 heavy (non-hydrogen) atoms. The number of fused-ring (bicyclic) bond motifs is 1. The van der Waals surface area contributed by atoms with Gasteiger partial charge in [-0.2, -0.15) is 19.0 Å². The van der Waals surface area contributed by atoms with E-state index in [0.717, 1.165) is 24.8 Å². The third-order valence-electron chi connectivity index (χ3n) is 4.29. The largest absolute Gasteiger partial charge is 2.00 e. The summed E-state index contributed by atoms with van der Waals surface area (Å²) < 4.78 is 0. The Bertz CT molecular complexity index is 749. The van der Waals surface area contributed by atoms with Crippen LogP contribution in [0.3, 0.4) is 0 Å². The summed E-state index contributed by atoms with van der Waals surface area (Å²) in [6.45, 7) is 11.4. The zero-order valence-electron chi connectivity index (χ0n) is 15.8. The van der Waals surface area contributed by atoms with Gasteiger partial charge in [0.25, 0.3) is 0 Å². The minimum Gasteiger partial charge on any atom is -1.00 e. The molecule has 0 heterocycles. The van der Waals surface area contributed by atoms with Crippen molar-refractivity contribution in [3.63, 3.8) is 0 Å². The van der Waals surface area contributed by atoms with Crippen molar-refractivity contribution in [1.29, 1.82) is 0 Å². The van der Waals surface area contributed by atoms with Crippen molar-refractivity contribution < 1.29 is 46.5 Å². The predicted molar refractivity (Wildman–Crippen MR) is 103 cm³/mol. The van der Waals surface area contributed by atoms with Gasteiger partial charge in [0.05, 0.1) is 0 Å². The first-order chi connectivity index (χ1) is 11.1. The molecule has 0 amide bonds. The van der Waals surface area contributed by atoms with Crippen LogP contribution >= 0.6 is 0 Å². The SMILES string of the molecule is CCCC[NH-].[CH2-]c1c(C2=C(C)C=C(C)C2)ccc2ccccc12.[Cl-].[Cl-].[Ti+2]. The van der Waals surface area contributed by atoms with Gasteiger partial charge >= 0.3 is 21.7 Å². The molecule has 2 aromatic carbocycles. The van der Waals surface area contributed by atoms with Crippen molar-refractivity contribution in [2.75, 3.05) is 6.54 Å². The fraction of sp³-hybridized carbons (Fsp3) is 0.318. The third-order valence-corrected chi connectivity index (χ3v) is 4.29. The molecular weight excluding hydrogens is 397 g/mol. The predicted octanol–water partition coefficient (Wildman–Crippen LogP) is 0.990. The average Bonchev–Trinajstić information content (AvgIpc) is 2.88. The summed E-state index contributed by atoms with van der Waals surface area (Å²) in [5.74, 6) is 0. The van der Waals surface area contributed by atoms with Crippen LogP contribution in [0.25, 0.3) is 22.1 Å². The molecular formula is C22H27Cl2NTi-2. The number of benzene rings is 2. The van der Waals surface area contributed by atoms with Crippen LogP contribution in [0.15, 0.2) is 53.6 Å². The molecule has 1 N–H and O–H groups in total. The molecule has 0 bridgehead atoms. The van der Waals surface area contributed by atoms with Crippen molar-refractivity contribution in [2.45, 2.75) is 40.0 Å². The summed E-state index contributed by atoms with van der Waals surface area (Å²) in [6.07, 6.45) is 5.56. The Labute approximate surface area is 186 Å². The molecule has 1 aliphatic rings. The number of unbranched alkanes of at least 4 members (excludes halogenated alkanes) is 1. The van der Waals surface area contributed by atoms with Crippen LogP contribution < -0.4 is 24.8 Å². The monoisotopic (exact) mass is 423 g/mol. The van der Waals surface area contributed by atoms with Gasteiger partial charge in [-0.25, -0.2) is 0 Å². The van der Waals surface area contributed by atoms with Crippen LogP contribution in [-0.4, -0.2) is 6.54 Å². The van der Waals surface area contributed by atoms with Crippen molar-refractivity contribution in [3.05, 3.63) is 77.4 Å². The molecule has 0 aromatic heterocycles. The second-order valence-electron chi connectivity index (χ2n) is 6.25. The molecule has 0 spiro atoms. The Kier molecular flexibility index (Phi) is 14.3. The second kappa shape index (κ2) is 13.5. The maximum atomic E-state index is 6.60. The maximum absolute atomic E-state index is 6.60. The van der Waals surface area contributed by atoms with Crippen LogP contribution in [0.1, 0.15) is 51.2 Å². The van der Waals surface area contributed by atoms with Crippen LogP contribution in [-0.2, 0) is 21.7 Å². The fourth-order valence-corrected chi connectivity index (χ4v) is 3.03. The zero-order chi connectivity index (χ0) is 16.8. The minimum atomic E-state index is 0. The molecule has 1 aliphatic carbocycles. The molecule has 4 heteroatoms. The first-order valence-corrected chi connectivity index (χ1v) is 8.44. The Morgan fingerprint density at radius 3 is 2.19 bits per heavy atom. The average molecular weight is 424 g/mol. The quantitative estimate of drug-likeness (QED) is 0.519. The van der Waals surface area contributed by atoms with Crippen LogP contribution in [0.4, 0.5) is 0 Å². The minimum absolute atomic E-state index is 0. The summed E-state index contributed by atoms with van der Waals surface area (Å²) in [5.41, 5.74) is 13.3. The molecule has 0 atom stereocenters. The maximum Gasteiger partial charge on any atom is 2.00 e. The van der Waals surface area contributed by atoms with Crippen molar-refractivity contribution in [3.8, 4) is 0 Å². The topological polar surface area (TPSA) is 23.8 Å². The number of halogens is 2. The number of hydrogen-bond donors (Lipinski definition) is 0. The van der Waals surface area contributed by atoms with E-state index in [1.165, 1.54) is 33.1 Å². The van der Waals surface area contributed by atoms with Crippen LogP contribution in [0.2, 0.25) is 0 Å².